The molecule has 0 radical (unpaired) electrons. The van der Waals surface area contributed by atoms with Crippen LogP contribution in [0.3, 0.4) is 0 Å². The van der Waals surface area contributed by atoms with Crippen LogP contribution in [0.5, 0.6) is 0 Å². The van der Waals surface area contributed by atoms with E-state index in [2.05, 4.69) is 40.1 Å². The van der Waals surface area contributed by atoms with Gasteiger partial charge in [0.2, 0.25) is 5.91 Å². The lowest BCUT2D eigenvalue weighted by Gasteiger charge is -2.42. The predicted octanol–water partition coefficient (Wildman–Crippen LogP) is 3.33. The van der Waals surface area contributed by atoms with Crippen LogP contribution >= 0.6 is 0 Å². The van der Waals surface area contributed by atoms with Crippen LogP contribution in [-0.4, -0.2) is 68.8 Å². The molecule has 0 N–H and O–H groups in total. The summed E-state index contributed by atoms with van der Waals surface area (Å²) in [6.45, 7) is 9.54. The minimum absolute atomic E-state index is 0.0533. The van der Waals surface area contributed by atoms with Crippen molar-refractivity contribution in [1.82, 2.24) is 24.6 Å². The Morgan fingerprint density at radius 3 is 2.57 bits per heavy atom. The van der Waals surface area contributed by atoms with Crippen molar-refractivity contribution in [2.24, 2.45) is 0 Å². The first kappa shape index (κ1) is 24.8. The lowest BCUT2D eigenvalue weighted by atomic mass is 9.97. The first-order valence-corrected chi connectivity index (χ1v) is 12.9. The monoisotopic (exact) mass is 502 g/mol. The fourth-order valence-corrected chi connectivity index (χ4v) is 5.30. The maximum Gasteiger partial charge on any atom is 0.410 e. The molecule has 1 unspecified atom stereocenters. The van der Waals surface area contributed by atoms with Crippen LogP contribution in [0.25, 0.3) is 0 Å². The molecular weight excluding hydrogens is 468 g/mol. The van der Waals surface area contributed by atoms with Crippen molar-refractivity contribution < 1.29 is 14.3 Å². The Kier molecular flexibility index (Phi) is 7.12. The minimum Gasteiger partial charge on any atom is -0.445 e. The highest BCUT2D eigenvalue weighted by Crippen LogP contribution is 2.31. The largest absolute Gasteiger partial charge is 0.445 e. The van der Waals surface area contributed by atoms with E-state index >= 15 is 0 Å². The number of fused-ring (bicyclic) bond motifs is 1. The highest BCUT2D eigenvalue weighted by atomic mass is 16.6. The smallest absolute Gasteiger partial charge is 0.410 e. The number of benzene rings is 2. The van der Waals surface area contributed by atoms with Gasteiger partial charge < -0.3 is 19.4 Å². The first-order chi connectivity index (χ1) is 17.9. The van der Waals surface area contributed by atoms with E-state index in [0.717, 1.165) is 36.6 Å². The van der Waals surface area contributed by atoms with Gasteiger partial charge in [0.15, 0.2) is 0 Å². The number of nitrogens with zero attached hydrogens (tertiary/aromatic N) is 6. The van der Waals surface area contributed by atoms with E-state index in [4.69, 9.17) is 4.74 Å². The van der Waals surface area contributed by atoms with Gasteiger partial charge in [0.05, 0.1) is 6.54 Å². The average Bonchev–Trinajstić information content (AvgIpc) is 3.22. The molecule has 37 heavy (non-hydrogen) atoms. The zero-order valence-electron chi connectivity index (χ0n) is 21.8. The van der Waals surface area contributed by atoms with Gasteiger partial charge in [-0.25, -0.2) is 14.5 Å². The normalized spacial score (nSPS) is 17.5. The molecule has 1 fully saturated rings. The van der Waals surface area contributed by atoms with Crippen molar-refractivity contribution in [1.29, 1.82) is 0 Å². The molecule has 0 spiro atoms. The molecule has 2 aliphatic rings. The van der Waals surface area contributed by atoms with Gasteiger partial charge in [-0.05, 0) is 49.9 Å². The highest BCUT2D eigenvalue weighted by Gasteiger charge is 2.31. The van der Waals surface area contributed by atoms with Crippen LogP contribution in [0.4, 0.5) is 10.5 Å². The van der Waals surface area contributed by atoms with Crippen molar-refractivity contribution >= 4 is 17.7 Å². The standard InChI is InChI=1S/C28H34N6O3/c1-20-16-31(14-15-33(20)27(35)18-34-22(3)29-21(2)30-34)26-11-7-10-24-12-13-32(17-25(24)26)28(36)37-19-23-8-5-4-6-9-23/h4-11,20H,12-19H2,1-3H3. The summed E-state index contributed by atoms with van der Waals surface area (Å²) in [7, 11) is 0. The number of ether oxygens (including phenoxy) is 1. The molecule has 9 nitrogen and oxygen atoms in total. The Morgan fingerprint density at radius 2 is 1.84 bits per heavy atom. The predicted molar refractivity (Wildman–Crippen MR) is 140 cm³/mol. The number of aryl methyl sites for hydroxylation is 2. The molecule has 0 aliphatic carbocycles. The molecular formula is C28H34N6O3. The summed E-state index contributed by atoms with van der Waals surface area (Å²) in [6.07, 6.45) is 0.514. The minimum atomic E-state index is -0.285. The third-order valence-corrected chi connectivity index (χ3v) is 7.25. The number of carbonyl (C=O) groups excluding carboxylic acids is 2. The maximum atomic E-state index is 13.1. The van der Waals surface area contributed by atoms with E-state index in [9.17, 15) is 9.59 Å². The van der Waals surface area contributed by atoms with E-state index in [1.807, 2.05) is 49.1 Å². The molecule has 0 saturated carbocycles. The fraction of sp³-hybridized carbons (Fsp3) is 0.429. The van der Waals surface area contributed by atoms with E-state index in [1.165, 1.54) is 11.1 Å². The number of amides is 2. The quantitative estimate of drug-likeness (QED) is 0.532. The molecule has 2 aliphatic heterocycles. The highest BCUT2D eigenvalue weighted by molar-refractivity contribution is 5.77. The molecule has 9 heteroatoms. The third kappa shape index (κ3) is 5.45. The van der Waals surface area contributed by atoms with Crippen LogP contribution < -0.4 is 4.90 Å². The Hall–Kier alpha value is -3.88. The summed E-state index contributed by atoms with van der Waals surface area (Å²) < 4.78 is 7.28. The van der Waals surface area contributed by atoms with Crippen molar-refractivity contribution in [2.75, 3.05) is 31.1 Å². The summed E-state index contributed by atoms with van der Waals surface area (Å²) in [4.78, 5) is 36.3. The summed E-state index contributed by atoms with van der Waals surface area (Å²) in [6, 6.07) is 16.2. The van der Waals surface area contributed by atoms with Crippen LogP contribution in [0.1, 0.15) is 35.3 Å². The topological polar surface area (TPSA) is 83.8 Å². The molecule has 5 rings (SSSR count). The Balaban J connectivity index is 1.23. The average molecular weight is 503 g/mol. The lowest BCUT2D eigenvalue weighted by molar-refractivity contribution is -0.134. The maximum absolute atomic E-state index is 13.1. The summed E-state index contributed by atoms with van der Waals surface area (Å²) in [5.74, 6) is 1.48. The molecule has 2 aromatic carbocycles. The van der Waals surface area contributed by atoms with Crippen molar-refractivity contribution in [3.05, 3.63) is 76.9 Å². The Labute approximate surface area is 217 Å². The van der Waals surface area contributed by atoms with Gasteiger partial charge in [0, 0.05) is 37.9 Å². The van der Waals surface area contributed by atoms with Gasteiger partial charge in [-0.15, -0.1) is 0 Å². The van der Waals surface area contributed by atoms with E-state index < -0.39 is 0 Å². The number of piperazine rings is 1. The van der Waals surface area contributed by atoms with Gasteiger partial charge in [0.25, 0.3) is 0 Å². The fourth-order valence-electron chi connectivity index (χ4n) is 5.30. The molecule has 1 saturated heterocycles. The molecule has 2 amide bonds. The zero-order valence-corrected chi connectivity index (χ0v) is 21.8. The van der Waals surface area contributed by atoms with Crippen LogP contribution in [-0.2, 0) is 35.6 Å². The molecule has 1 aromatic heterocycles. The van der Waals surface area contributed by atoms with Crippen LogP contribution in [0.15, 0.2) is 48.5 Å². The lowest BCUT2D eigenvalue weighted by Crippen LogP contribution is -2.55. The first-order valence-electron chi connectivity index (χ1n) is 12.9. The number of carbonyl (C=O) groups is 2. The number of aromatic nitrogens is 3. The van der Waals surface area contributed by atoms with E-state index in [0.29, 0.717) is 25.5 Å². The summed E-state index contributed by atoms with van der Waals surface area (Å²) >= 11 is 0. The molecule has 3 aromatic rings. The number of rotatable bonds is 5. The van der Waals surface area contributed by atoms with Crippen molar-refractivity contribution in [2.45, 2.75) is 52.9 Å². The third-order valence-electron chi connectivity index (χ3n) is 7.25. The van der Waals surface area contributed by atoms with E-state index in [-0.39, 0.29) is 31.2 Å². The zero-order chi connectivity index (χ0) is 25.9. The van der Waals surface area contributed by atoms with Gasteiger partial charge in [-0.1, -0.05) is 42.5 Å². The SMILES string of the molecule is Cc1nc(C)n(CC(=O)N2CCN(c3cccc4c3CN(C(=O)OCc3ccccc3)CC4)CC2C)n1. The Bertz CT molecular complexity index is 1270. The molecule has 194 valence electrons. The number of hydrogen-bond donors (Lipinski definition) is 0. The van der Waals surface area contributed by atoms with Crippen LogP contribution in [0.2, 0.25) is 0 Å². The van der Waals surface area contributed by atoms with Gasteiger partial charge >= 0.3 is 6.09 Å². The number of hydrogen-bond acceptors (Lipinski definition) is 6. The second-order valence-corrected chi connectivity index (χ2v) is 9.87. The van der Waals surface area contributed by atoms with Gasteiger partial charge in [-0.3, -0.25) is 4.79 Å². The van der Waals surface area contributed by atoms with Gasteiger partial charge in [-0.2, -0.15) is 5.10 Å². The molecule has 1 atom stereocenters. The Morgan fingerprint density at radius 1 is 1.03 bits per heavy atom. The summed E-state index contributed by atoms with van der Waals surface area (Å²) in [5.41, 5.74) is 4.56. The van der Waals surface area contributed by atoms with Crippen molar-refractivity contribution in [3.63, 3.8) is 0 Å². The van der Waals surface area contributed by atoms with Crippen LogP contribution in [0, 0.1) is 13.8 Å². The number of anilines is 1. The molecule has 3 heterocycles. The van der Waals surface area contributed by atoms with Crippen molar-refractivity contribution in [3.8, 4) is 0 Å². The molecule has 0 bridgehead atoms. The summed E-state index contributed by atoms with van der Waals surface area (Å²) in [5, 5.41) is 4.34. The second-order valence-electron chi connectivity index (χ2n) is 9.87. The van der Waals surface area contributed by atoms with E-state index in [1.54, 1.807) is 9.58 Å². The van der Waals surface area contributed by atoms with Gasteiger partial charge in [0.1, 0.15) is 24.8 Å². The second kappa shape index (κ2) is 10.6.